The molecule has 0 N–H and O–H groups in total. The predicted octanol–water partition coefficient (Wildman–Crippen LogP) is 10.6. The van der Waals surface area contributed by atoms with Crippen LogP contribution in [-0.4, -0.2) is 29.1 Å². The molecule has 254 valence electrons. The summed E-state index contributed by atoms with van der Waals surface area (Å²) in [5, 5.41) is 14.6. The fraction of sp³-hybridized carbons (Fsp3) is 0. The Morgan fingerprint density at radius 2 is 0.926 bits per heavy atom. The van der Waals surface area contributed by atoms with Gasteiger partial charge in [-0.15, -0.1) is 0 Å². The molecule has 9 heteroatoms. The molecule has 0 unspecified atom stereocenters. The Hall–Kier alpha value is -7.57. The number of hydrogen-bond donors (Lipinski definition) is 0. The Balaban J connectivity index is 1.38. The van der Waals surface area contributed by atoms with Crippen LogP contribution in [0, 0.1) is 23.0 Å². The average Bonchev–Trinajstić information content (AvgIpc) is 3.73. The zero-order valence-electron chi connectivity index (χ0n) is 28.3. The average molecular weight is 702 g/mol. The first kappa shape index (κ1) is 31.2. The van der Waals surface area contributed by atoms with Crippen molar-refractivity contribution in [1.82, 2.24) is 29.1 Å². The normalized spacial score (nSPS) is 11.5. The zero-order valence-corrected chi connectivity index (χ0v) is 28.3. The molecule has 0 spiro atoms. The van der Waals surface area contributed by atoms with Crippen molar-refractivity contribution >= 4 is 43.6 Å². The van der Waals surface area contributed by atoms with E-state index in [0.29, 0.717) is 23.0 Å². The number of aromatic nitrogens is 6. The van der Waals surface area contributed by atoms with Gasteiger partial charge < -0.3 is 9.13 Å². The molecule has 0 bridgehead atoms. The summed E-state index contributed by atoms with van der Waals surface area (Å²) >= 11 is 0. The van der Waals surface area contributed by atoms with Crippen LogP contribution in [0.15, 0.2) is 152 Å². The van der Waals surface area contributed by atoms with Crippen LogP contribution in [0.5, 0.6) is 0 Å². The maximum Gasteiger partial charge on any atom is 0.159 e. The van der Waals surface area contributed by atoms with Gasteiger partial charge in [0.15, 0.2) is 11.6 Å². The Kier molecular flexibility index (Phi) is 7.10. The van der Waals surface area contributed by atoms with Gasteiger partial charge in [0.1, 0.15) is 11.6 Å². The third kappa shape index (κ3) is 4.78. The number of hydrogen-bond acceptors (Lipinski definition) is 5. The lowest BCUT2D eigenvalue weighted by atomic mass is 9.97. The molecule has 0 saturated heterocycles. The summed E-state index contributed by atoms with van der Waals surface area (Å²) in [7, 11) is 0. The van der Waals surface area contributed by atoms with Crippen LogP contribution in [0.1, 0.15) is 5.56 Å². The molecule has 6 aromatic carbocycles. The molecule has 0 radical (unpaired) electrons. The van der Waals surface area contributed by atoms with Crippen molar-refractivity contribution in [2.75, 3.05) is 0 Å². The smallest absolute Gasteiger partial charge is 0.159 e. The van der Waals surface area contributed by atoms with Crippen molar-refractivity contribution in [1.29, 1.82) is 5.26 Å². The quantitative estimate of drug-likeness (QED) is 0.178. The summed E-state index contributed by atoms with van der Waals surface area (Å²) in [5.41, 5.74) is 6.24. The number of nitriles is 1. The van der Waals surface area contributed by atoms with E-state index in [1.165, 1.54) is 18.2 Å². The third-order valence-electron chi connectivity index (χ3n) is 9.94. The van der Waals surface area contributed by atoms with E-state index in [0.717, 1.165) is 54.7 Å². The topological polar surface area (TPSA) is 85.2 Å². The molecule has 0 fully saturated rings. The number of benzene rings is 6. The fourth-order valence-electron chi connectivity index (χ4n) is 7.62. The summed E-state index contributed by atoms with van der Waals surface area (Å²) in [6.45, 7) is 0. The van der Waals surface area contributed by atoms with E-state index < -0.39 is 11.6 Å². The van der Waals surface area contributed by atoms with Gasteiger partial charge in [0.2, 0.25) is 0 Å². The summed E-state index contributed by atoms with van der Waals surface area (Å²) < 4.78 is 35.6. The van der Waals surface area contributed by atoms with Gasteiger partial charge in [0, 0.05) is 63.0 Å². The molecule has 0 saturated carbocycles. The van der Waals surface area contributed by atoms with Crippen molar-refractivity contribution in [3.8, 4) is 51.3 Å². The second-order valence-corrected chi connectivity index (χ2v) is 12.9. The number of fused-ring (bicyclic) bond motifs is 6. The van der Waals surface area contributed by atoms with Crippen molar-refractivity contribution in [3.63, 3.8) is 0 Å². The summed E-state index contributed by atoms with van der Waals surface area (Å²) in [4.78, 5) is 18.1. The van der Waals surface area contributed by atoms with Crippen LogP contribution in [0.2, 0.25) is 0 Å². The van der Waals surface area contributed by atoms with Crippen LogP contribution < -0.4 is 0 Å². The van der Waals surface area contributed by atoms with E-state index in [9.17, 15) is 5.26 Å². The van der Waals surface area contributed by atoms with Gasteiger partial charge in [0.25, 0.3) is 0 Å². The second kappa shape index (κ2) is 12.3. The van der Waals surface area contributed by atoms with Gasteiger partial charge in [-0.3, -0.25) is 0 Å². The molecule has 0 aliphatic heterocycles. The van der Waals surface area contributed by atoms with Crippen LogP contribution in [0.4, 0.5) is 8.78 Å². The molecule has 4 heterocycles. The third-order valence-corrected chi connectivity index (χ3v) is 9.94. The molecular formula is C45H25F2N7. The molecule has 54 heavy (non-hydrogen) atoms. The van der Waals surface area contributed by atoms with Gasteiger partial charge in [-0.25, -0.2) is 28.7 Å². The zero-order chi connectivity index (χ0) is 36.3. The highest BCUT2D eigenvalue weighted by molar-refractivity contribution is 6.12. The fourth-order valence-corrected chi connectivity index (χ4v) is 7.62. The molecule has 10 aromatic rings. The van der Waals surface area contributed by atoms with E-state index in [2.05, 4.69) is 53.3 Å². The van der Waals surface area contributed by atoms with E-state index >= 15 is 8.78 Å². The minimum Gasteiger partial charge on any atom is -0.307 e. The van der Waals surface area contributed by atoms with Crippen molar-refractivity contribution in [2.45, 2.75) is 0 Å². The van der Waals surface area contributed by atoms with Crippen molar-refractivity contribution in [2.24, 2.45) is 0 Å². The van der Waals surface area contributed by atoms with E-state index in [1.54, 1.807) is 49.1 Å². The summed E-state index contributed by atoms with van der Waals surface area (Å²) in [6.07, 6.45) is 6.81. The monoisotopic (exact) mass is 701 g/mol. The van der Waals surface area contributed by atoms with Crippen molar-refractivity contribution in [3.05, 3.63) is 169 Å². The Morgan fingerprint density at radius 1 is 0.463 bits per heavy atom. The minimum absolute atomic E-state index is 0.116. The number of nitrogens with zero attached hydrogens (tertiary/aromatic N) is 7. The lowest BCUT2D eigenvalue weighted by Crippen LogP contribution is -2.06. The van der Waals surface area contributed by atoms with Gasteiger partial charge in [-0.05, 0) is 60.7 Å². The van der Waals surface area contributed by atoms with Gasteiger partial charge in [-0.2, -0.15) is 5.26 Å². The number of rotatable bonds is 5. The highest BCUT2D eigenvalue weighted by Crippen LogP contribution is 2.42. The SMILES string of the molecule is N#Cc1cc(-n2c3ccccc3c3ccc(-c4ncccn4)cc32)c(-n2c3ccccc3c3ccc(-c4ncccn4)cc32)cc1-c1c(F)cccc1F. The number of para-hydroxylation sites is 2. The Bertz CT molecular complexity index is 3120. The summed E-state index contributed by atoms with van der Waals surface area (Å²) in [5.74, 6) is -0.401. The minimum atomic E-state index is -0.764. The Labute approximate surface area is 306 Å². The number of halogens is 2. The van der Waals surface area contributed by atoms with Crippen LogP contribution >= 0.6 is 0 Å². The largest absolute Gasteiger partial charge is 0.307 e. The van der Waals surface area contributed by atoms with Crippen LogP contribution in [0.25, 0.3) is 88.9 Å². The summed E-state index contributed by atoms with van der Waals surface area (Å²) in [6, 6.07) is 41.3. The first-order chi connectivity index (χ1) is 26.6. The Morgan fingerprint density at radius 3 is 1.43 bits per heavy atom. The maximum absolute atomic E-state index is 15.7. The lowest BCUT2D eigenvalue weighted by Gasteiger charge is -2.20. The van der Waals surface area contributed by atoms with Crippen LogP contribution in [0.3, 0.4) is 0 Å². The van der Waals surface area contributed by atoms with Gasteiger partial charge in [-0.1, -0.05) is 66.7 Å². The molecule has 4 aromatic heterocycles. The first-order valence-electron chi connectivity index (χ1n) is 17.2. The molecule has 0 aliphatic rings. The first-order valence-corrected chi connectivity index (χ1v) is 17.2. The molecule has 0 amide bonds. The van der Waals surface area contributed by atoms with Gasteiger partial charge >= 0.3 is 0 Å². The second-order valence-electron chi connectivity index (χ2n) is 12.9. The van der Waals surface area contributed by atoms with E-state index in [4.69, 9.17) is 0 Å². The standard InChI is InChI=1S/C45H25F2N7/c46-35-10-5-11-36(47)43(35)34-25-42(54-38-13-4-2-9-31(38)33-17-15-28(23-40(33)54)45-51-20-7-21-52-45)41(24-29(34)26-48)53-37-12-3-1-8-30(37)32-16-14-27(22-39(32)53)44-49-18-6-19-50-44/h1-25H. The molecule has 7 nitrogen and oxygen atoms in total. The highest BCUT2D eigenvalue weighted by Gasteiger charge is 2.25. The molecular weight excluding hydrogens is 677 g/mol. The van der Waals surface area contributed by atoms with Crippen LogP contribution in [-0.2, 0) is 0 Å². The maximum atomic E-state index is 15.7. The van der Waals surface area contributed by atoms with Gasteiger partial charge in [0.05, 0.1) is 50.6 Å². The lowest BCUT2D eigenvalue weighted by molar-refractivity contribution is 0.589. The molecule has 0 aliphatic carbocycles. The van der Waals surface area contributed by atoms with E-state index in [-0.39, 0.29) is 16.7 Å². The molecule has 0 atom stereocenters. The predicted molar refractivity (Wildman–Crippen MR) is 207 cm³/mol. The highest BCUT2D eigenvalue weighted by atomic mass is 19.1. The van der Waals surface area contributed by atoms with Crippen molar-refractivity contribution < 1.29 is 8.78 Å². The van der Waals surface area contributed by atoms with E-state index in [1.807, 2.05) is 66.7 Å². The molecule has 10 rings (SSSR count).